The van der Waals surface area contributed by atoms with Crippen LogP contribution in [0.2, 0.25) is 0 Å². The third-order valence-electron chi connectivity index (χ3n) is 1.70. The molecule has 0 bridgehead atoms. The van der Waals surface area contributed by atoms with Gasteiger partial charge in [-0.2, -0.15) is 13.2 Å². The number of hydrogen-bond acceptors (Lipinski definition) is 4. The van der Waals surface area contributed by atoms with Gasteiger partial charge >= 0.3 is 18.2 Å². The van der Waals surface area contributed by atoms with E-state index in [-0.39, 0.29) is 5.65 Å². The van der Waals surface area contributed by atoms with Gasteiger partial charge in [-0.05, 0) is 12.1 Å². The van der Waals surface area contributed by atoms with Gasteiger partial charge in [-0.25, -0.2) is 4.79 Å². The van der Waals surface area contributed by atoms with Gasteiger partial charge in [0.05, 0.1) is 0 Å². The number of esters is 1. The first-order valence-corrected chi connectivity index (χ1v) is 4.07. The van der Waals surface area contributed by atoms with Gasteiger partial charge in [0.1, 0.15) is 0 Å². The van der Waals surface area contributed by atoms with Crippen molar-refractivity contribution >= 4 is 11.6 Å². The van der Waals surface area contributed by atoms with Crippen LogP contribution < -0.4 is 4.74 Å². The molecule has 16 heavy (non-hydrogen) atoms. The van der Waals surface area contributed by atoms with E-state index in [2.05, 4.69) is 14.9 Å². The Kier molecular flexibility index (Phi) is 2.26. The van der Waals surface area contributed by atoms with E-state index in [9.17, 15) is 18.0 Å². The Hall–Kier alpha value is -2.12. The summed E-state index contributed by atoms with van der Waals surface area (Å²) < 4.78 is 40.9. The number of pyridine rings is 1. The van der Waals surface area contributed by atoms with Crippen molar-refractivity contribution in [2.75, 3.05) is 0 Å². The minimum atomic E-state index is -5.05. The van der Waals surface area contributed by atoms with E-state index in [4.69, 9.17) is 0 Å². The normalized spacial score (nSPS) is 11.7. The Bertz CT molecular complexity index is 535. The van der Waals surface area contributed by atoms with Crippen molar-refractivity contribution in [1.29, 1.82) is 0 Å². The fraction of sp³-hybridized carbons (Fsp3) is 0.125. The van der Waals surface area contributed by atoms with Gasteiger partial charge < -0.3 is 4.74 Å². The molecule has 84 valence electrons. The molecular formula is C8H4F3N3O2. The van der Waals surface area contributed by atoms with Crippen LogP contribution >= 0.6 is 0 Å². The van der Waals surface area contributed by atoms with Crippen LogP contribution in [0.4, 0.5) is 13.2 Å². The molecule has 0 saturated carbocycles. The van der Waals surface area contributed by atoms with Gasteiger partial charge in [0.25, 0.3) is 0 Å². The summed E-state index contributed by atoms with van der Waals surface area (Å²) in [4.78, 5) is 10.5. The highest BCUT2D eigenvalue weighted by Gasteiger charge is 2.42. The number of ether oxygens (including phenoxy) is 1. The lowest BCUT2D eigenvalue weighted by atomic mass is 10.5. The van der Waals surface area contributed by atoms with Crippen LogP contribution in [-0.2, 0) is 4.79 Å². The van der Waals surface area contributed by atoms with E-state index in [1.54, 1.807) is 12.1 Å². The van der Waals surface area contributed by atoms with Crippen LogP contribution in [0.25, 0.3) is 5.65 Å². The smallest absolute Gasteiger partial charge is 0.384 e. The molecule has 8 heteroatoms. The number of carbonyl (C=O) groups is 1. The molecule has 0 aliphatic rings. The van der Waals surface area contributed by atoms with Crippen molar-refractivity contribution in [3.05, 3.63) is 24.4 Å². The summed E-state index contributed by atoms with van der Waals surface area (Å²) in [6.45, 7) is 0. The number of halogens is 3. The fourth-order valence-corrected chi connectivity index (χ4v) is 1.03. The maximum Gasteiger partial charge on any atom is 0.491 e. The van der Waals surface area contributed by atoms with Gasteiger partial charge in [0, 0.05) is 6.20 Å². The largest absolute Gasteiger partial charge is 0.491 e. The number of fused-ring (bicyclic) bond motifs is 1. The molecule has 0 unspecified atom stereocenters. The molecule has 0 saturated heterocycles. The maximum atomic E-state index is 11.9. The van der Waals surface area contributed by atoms with E-state index in [0.29, 0.717) is 0 Å². The molecule has 0 aliphatic carbocycles. The Morgan fingerprint density at radius 2 is 2.06 bits per heavy atom. The van der Waals surface area contributed by atoms with Gasteiger partial charge in [-0.3, -0.25) is 4.40 Å². The van der Waals surface area contributed by atoms with Crippen molar-refractivity contribution in [3.8, 4) is 6.01 Å². The third kappa shape index (κ3) is 1.81. The Morgan fingerprint density at radius 3 is 2.75 bits per heavy atom. The standard InChI is InChI=1S/C8H4F3N3O2/c9-8(10,11)6(15)16-7-13-12-5-3-1-2-4-14(5)7/h1-4H. The van der Waals surface area contributed by atoms with Crippen LogP contribution in [0, 0.1) is 0 Å². The van der Waals surface area contributed by atoms with E-state index >= 15 is 0 Å². The van der Waals surface area contributed by atoms with Crippen LogP contribution in [0.15, 0.2) is 24.4 Å². The predicted molar refractivity (Wildman–Crippen MR) is 44.7 cm³/mol. The Morgan fingerprint density at radius 1 is 1.31 bits per heavy atom. The number of aromatic nitrogens is 3. The lowest BCUT2D eigenvalue weighted by Gasteiger charge is -2.04. The summed E-state index contributed by atoms with van der Waals surface area (Å²) in [5.74, 6) is -2.33. The van der Waals surface area contributed by atoms with Crippen molar-refractivity contribution in [2.45, 2.75) is 6.18 Å². The molecule has 2 aromatic heterocycles. The van der Waals surface area contributed by atoms with E-state index in [1.165, 1.54) is 12.3 Å². The quantitative estimate of drug-likeness (QED) is 0.692. The number of hydrogen-bond donors (Lipinski definition) is 0. The fourth-order valence-electron chi connectivity index (χ4n) is 1.03. The Balaban J connectivity index is 2.32. The second-order valence-corrected chi connectivity index (χ2v) is 2.80. The zero-order chi connectivity index (χ0) is 11.8. The highest BCUT2D eigenvalue weighted by molar-refractivity contribution is 5.77. The Labute approximate surface area is 86.5 Å². The number of alkyl halides is 3. The van der Waals surface area contributed by atoms with Crippen LogP contribution in [-0.4, -0.2) is 26.7 Å². The predicted octanol–water partition coefficient (Wildman–Crippen LogP) is 1.20. The molecule has 0 spiro atoms. The molecule has 0 radical (unpaired) electrons. The minimum absolute atomic E-state index is 0.285. The van der Waals surface area contributed by atoms with Gasteiger partial charge in [-0.15, -0.1) is 5.10 Å². The maximum absolute atomic E-state index is 11.9. The zero-order valence-corrected chi connectivity index (χ0v) is 7.60. The highest BCUT2D eigenvalue weighted by Crippen LogP contribution is 2.19. The average Bonchev–Trinajstić information content (AvgIpc) is 2.61. The molecule has 0 aromatic carbocycles. The molecule has 0 fully saturated rings. The van der Waals surface area contributed by atoms with Crippen LogP contribution in [0.5, 0.6) is 6.01 Å². The molecular weight excluding hydrogens is 227 g/mol. The summed E-state index contributed by atoms with van der Waals surface area (Å²) in [6.07, 6.45) is -3.67. The van der Waals surface area contributed by atoms with Crippen molar-refractivity contribution in [1.82, 2.24) is 14.6 Å². The monoisotopic (exact) mass is 231 g/mol. The van der Waals surface area contributed by atoms with E-state index in [0.717, 1.165) is 4.40 Å². The minimum Gasteiger partial charge on any atom is -0.384 e. The number of rotatable bonds is 1. The SMILES string of the molecule is O=C(Oc1nnc2ccccn12)C(F)(F)F. The molecule has 2 heterocycles. The first kappa shape index (κ1) is 10.4. The number of carbonyl (C=O) groups excluding carboxylic acids is 1. The highest BCUT2D eigenvalue weighted by atomic mass is 19.4. The molecule has 0 N–H and O–H groups in total. The lowest BCUT2D eigenvalue weighted by Crippen LogP contribution is -2.28. The van der Waals surface area contributed by atoms with E-state index < -0.39 is 18.2 Å². The first-order valence-electron chi connectivity index (χ1n) is 4.07. The van der Waals surface area contributed by atoms with Crippen molar-refractivity contribution < 1.29 is 22.7 Å². The second kappa shape index (κ2) is 3.47. The number of nitrogens with zero attached hydrogens (tertiary/aromatic N) is 3. The lowest BCUT2D eigenvalue weighted by molar-refractivity contribution is -0.190. The van der Waals surface area contributed by atoms with Gasteiger partial charge in [0.2, 0.25) is 0 Å². The molecule has 2 aromatic rings. The second-order valence-electron chi connectivity index (χ2n) is 2.80. The molecule has 5 nitrogen and oxygen atoms in total. The summed E-state index contributed by atoms with van der Waals surface area (Å²) in [7, 11) is 0. The molecule has 0 amide bonds. The summed E-state index contributed by atoms with van der Waals surface area (Å²) >= 11 is 0. The molecule has 0 aliphatic heterocycles. The zero-order valence-electron chi connectivity index (χ0n) is 7.60. The van der Waals surface area contributed by atoms with Gasteiger partial charge in [0.15, 0.2) is 5.65 Å². The van der Waals surface area contributed by atoms with Gasteiger partial charge in [-0.1, -0.05) is 11.2 Å². The third-order valence-corrected chi connectivity index (χ3v) is 1.70. The summed E-state index contributed by atoms with van der Waals surface area (Å²) in [5.41, 5.74) is 0.285. The van der Waals surface area contributed by atoms with Crippen molar-refractivity contribution in [3.63, 3.8) is 0 Å². The van der Waals surface area contributed by atoms with Crippen molar-refractivity contribution in [2.24, 2.45) is 0 Å². The van der Waals surface area contributed by atoms with Crippen LogP contribution in [0.1, 0.15) is 0 Å². The average molecular weight is 231 g/mol. The first-order chi connectivity index (χ1) is 7.48. The van der Waals surface area contributed by atoms with Crippen LogP contribution in [0.3, 0.4) is 0 Å². The summed E-state index contributed by atoms with van der Waals surface area (Å²) in [6, 6.07) is 4.16. The van der Waals surface area contributed by atoms with E-state index in [1.807, 2.05) is 0 Å². The molecule has 2 rings (SSSR count). The topological polar surface area (TPSA) is 56.5 Å². The molecule has 0 atom stereocenters. The summed E-state index contributed by atoms with van der Waals surface area (Å²) in [5, 5.41) is 6.84.